The fourth-order valence-electron chi connectivity index (χ4n) is 3.13. The van der Waals surface area contributed by atoms with Crippen molar-refractivity contribution in [1.82, 2.24) is 10.2 Å². The van der Waals surface area contributed by atoms with Gasteiger partial charge in [-0.3, -0.25) is 4.99 Å². The van der Waals surface area contributed by atoms with Gasteiger partial charge in [-0.2, -0.15) is 0 Å². The number of nitrogens with one attached hydrogen (secondary N) is 1. The minimum atomic E-state index is 0. The Morgan fingerprint density at radius 1 is 1.31 bits per heavy atom. The minimum Gasteiger partial charge on any atom is -0.497 e. The number of halogens is 1. The summed E-state index contributed by atoms with van der Waals surface area (Å²) in [5.41, 5.74) is 1.38. The van der Waals surface area contributed by atoms with Crippen LogP contribution in [0.15, 0.2) is 29.3 Å². The summed E-state index contributed by atoms with van der Waals surface area (Å²) in [5.74, 6) is 3.06. The second-order valence-corrected chi connectivity index (χ2v) is 7.00. The fraction of sp³-hybridized carbons (Fsp3) is 0.650. The molecule has 5 nitrogen and oxygen atoms in total. The number of likely N-dealkylation sites (tertiary alicyclic amines) is 1. The van der Waals surface area contributed by atoms with Crippen LogP contribution in [0.4, 0.5) is 0 Å². The van der Waals surface area contributed by atoms with Crippen molar-refractivity contribution in [2.45, 2.75) is 32.6 Å². The number of hydrogen-bond donors (Lipinski definition) is 1. The van der Waals surface area contributed by atoms with Crippen LogP contribution in [0, 0.1) is 5.92 Å². The summed E-state index contributed by atoms with van der Waals surface area (Å²) in [6, 6.07) is 8.44. The predicted molar refractivity (Wildman–Crippen MR) is 119 cm³/mol. The van der Waals surface area contributed by atoms with Crippen LogP contribution in [0.2, 0.25) is 0 Å². The van der Waals surface area contributed by atoms with Gasteiger partial charge in [0, 0.05) is 45.8 Å². The molecule has 1 fully saturated rings. The molecule has 26 heavy (non-hydrogen) atoms. The molecule has 1 aliphatic rings. The number of benzene rings is 1. The molecule has 0 saturated carbocycles. The van der Waals surface area contributed by atoms with Crippen LogP contribution in [0.5, 0.6) is 5.75 Å². The Morgan fingerprint density at radius 3 is 2.65 bits per heavy atom. The summed E-state index contributed by atoms with van der Waals surface area (Å²) >= 11 is 0. The average molecular weight is 475 g/mol. The maximum atomic E-state index is 5.63. The number of rotatable bonds is 8. The summed E-state index contributed by atoms with van der Waals surface area (Å²) < 4.78 is 10.9. The highest BCUT2D eigenvalue weighted by Crippen LogP contribution is 2.28. The second-order valence-electron chi connectivity index (χ2n) is 7.00. The van der Waals surface area contributed by atoms with E-state index in [9.17, 15) is 0 Å². The van der Waals surface area contributed by atoms with Crippen LogP contribution in [0.25, 0.3) is 0 Å². The second kappa shape index (κ2) is 12.4. The third-order valence-electron chi connectivity index (χ3n) is 4.49. The van der Waals surface area contributed by atoms with Crippen LogP contribution in [0.3, 0.4) is 0 Å². The molecular formula is C20H34IN3O2. The Hall–Kier alpha value is -1.02. The Labute approximate surface area is 175 Å². The molecule has 1 aromatic carbocycles. The number of ether oxygens (including phenoxy) is 2. The largest absolute Gasteiger partial charge is 0.497 e. The zero-order valence-electron chi connectivity index (χ0n) is 16.5. The van der Waals surface area contributed by atoms with Crippen molar-refractivity contribution in [3.05, 3.63) is 29.8 Å². The van der Waals surface area contributed by atoms with Gasteiger partial charge < -0.3 is 19.7 Å². The van der Waals surface area contributed by atoms with E-state index in [1.807, 2.05) is 19.2 Å². The predicted octanol–water partition coefficient (Wildman–Crippen LogP) is 3.74. The molecule has 1 atom stereocenters. The van der Waals surface area contributed by atoms with E-state index < -0.39 is 0 Å². The molecule has 1 heterocycles. The highest BCUT2D eigenvalue weighted by molar-refractivity contribution is 14.0. The lowest BCUT2D eigenvalue weighted by atomic mass is 9.98. The number of nitrogens with zero attached hydrogens (tertiary/aromatic N) is 2. The molecule has 1 aliphatic heterocycles. The standard InChI is InChI=1S/C20H33N3O2.HI/c1-16(2)15-25-13-5-11-22-20(21-3)23-12-10-18(14-23)17-6-8-19(24-4)9-7-17;/h6-9,16,18H,5,10-15H2,1-4H3,(H,21,22);1H. The Morgan fingerprint density at radius 2 is 2.04 bits per heavy atom. The molecule has 1 saturated heterocycles. The molecule has 1 N–H and O–H groups in total. The van der Waals surface area contributed by atoms with Crippen LogP contribution >= 0.6 is 24.0 Å². The molecule has 0 aromatic heterocycles. The molecule has 0 amide bonds. The Bertz CT molecular complexity index is 534. The first kappa shape index (κ1) is 23.0. The minimum absolute atomic E-state index is 0. The van der Waals surface area contributed by atoms with E-state index in [0.717, 1.165) is 57.4 Å². The zero-order valence-corrected chi connectivity index (χ0v) is 18.9. The maximum absolute atomic E-state index is 5.63. The van der Waals surface area contributed by atoms with Gasteiger partial charge >= 0.3 is 0 Å². The fourth-order valence-corrected chi connectivity index (χ4v) is 3.13. The molecule has 1 unspecified atom stereocenters. The van der Waals surface area contributed by atoms with Gasteiger partial charge in [-0.05, 0) is 36.5 Å². The molecule has 2 rings (SSSR count). The van der Waals surface area contributed by atoms with Crippen molar-refractivity contribution >= 4 is 29.9 Å². The van der Waals surface area contributed by atoms with Crippen molar-refractivity contribution in [3.63, 3.8) is 0 Å². The van der Waals surface area contributed by atoms with Crippen LogP contribution in [-0.2, 0) is 4.74 Å². The first-order valence-electron chi connectivity index (χ1n) is 9.31. The van der Waals surface area contributed by atoms with Gasteiger partial charge in [-0.15, -0.1) is 24.0 Å². The van der Waals surface area contributed by atoms with Crippen molar-refractivity contribution in [1.29, 1.82) is 0 Å². The average Bonchev–Trinajstić information content (AvgIpc) is 3.11. The molecule has 148 valence electrons. The van der Waals surface area contributed by atoms with Crippen molar-refractivity contribution in [2.24, 2.45) is 10.9 Å². The third-order valence-corrected chi connectivity index (χ3v) is 4.49. The SMILES string of the molecule is CN=C(NCCCOCC(C)C)N1CCC(c2ccc(OC)cc2)C1.I. The van der Waals surface area contributed by atoms with Crippen molar-refractivity contribution in [2.75, 3.05) is 47.0 Å². The summed E-state index contributed by atoms with van der Waals surface area (Å²) in [5, 5.41) is 3.47. The Balaban J connectivity index is 0.00000338. The first-order valence-corrected chi connectivity index (χ1v) is 9.31. The van der Waals surface area contributed by atoms with E-state index in [1.54, 1.807) is 7.11 Å². The van der Waals surface area contributed by atoms with Gasteiger partial charge in [0.1, 0.15) is 5.75 Å². The molecule has 1 aromatic rings. The molecule has 0 spiro atoms. The van der Waals surface area contributed by atoms with E-state index >= 15 is 0 Å². The molecule has 0 aliphatic carbocycles. The number of aliphatic imine (C=N–C) groups is 1. The number of guanidine groups is 1. The van der Waals surface area contributed by atoms with Crippen molar-refractivity contribution < 1.29 is 9.47 Å². The summed E-state index contributed by atoms with van der Waals surface area (Å²) in [6.07, 6.45) is 2.16. The van der Waals surface area contributed by atoms with Gasteiger partial charge in [0.15, 0.2) is 5.96 Å². The van der Waals surface area contributed by atoms with Crippen molar-refractivity contribution in [3.8, 4) is 5.75 Å². The van der Waals surface area contributed by atoms with Gasteiger partial charge in [0.05, 0.1) is 7.11 Å². The van der Waals surface area contributed by atoms with Crippen LogP contribution in [0.1, 0.15) is 38.2 Å². The lowest BCUT2D eigenvalue weighted by Gasteiger charge is -2.22. The van der Waals surface area contributed by atoms with Crippen LogP contribution in [-0.4, -0.2) is 57.9 Å². The normalized spacial score (nSPS) is 17.3. The van der Waals surface area contributed by atoms with Gasteiger partial charge in [0.25, 0.3) is 0 Å². The molecule has 0 radical (unpaired) electrons. The molecule has 6 heteroatoms. The van der Waals surface area contributed by atoms with E-state index in [2.05, 4.69) is 41.2 Å². The lowest BCUT2D eigenvalue weighted by Crippen LogP contribution is -2.40. The summed E-state index contributed by atoms with van der Waals surface area (Å²) in [7, 11) is 3.56. The van der Waals surface area contributed by atoms with E-state index in [-0.39, 0.29) is 24.0 Å². The lowest BCUT2D eigenvalue weighted by molar-refractivity contribution is 0.108. The summed E-state index contributed by atoms with van der Waals surface area (Å²) in [6.45, 7) is 8.94. The Kier molecular flexibility index (Phi) is 11.0. The van der Waals surface area contributed by atoms with E-state index in [4.69, 9.17) is 9.47 Å². The topological polar surface area (TPSA) is 46.1 Å². The smallest absolute Gasteiger partial charge is 0.193 e. The maximum Gasteiger partial charge on any atom is 0.193 e. The third kappa shape index (κ3) is 7.31. The number of methoxy groups -OCH3 is 1. The van der Waals surface area contributed by atoms with Gasteiger partial charge in [-0.25, -0.2) is 0 Å². The quantitative estimate of drug-likeness (QED) is 0.269. The van der Waals surface area contributed by atoms with Gasteiger partial charge in [-0.1, -0.05) is 26.0 Å². The first-order chi connectivity index (χ1) is 12.1. The van der Waals surface area contributed by atoms with E-state index in [0.29, 0.717) is 11.8 Å². The summed E-state index contributed by atoms with van der Waals surface area (Å²) in [4.78, 5) is 6.79. The highest BCUT2D eigenvalue weighted by Gasteiger charge is 2.25. The molecule has 0 bridgehead atoms. The highest BCUT2D eigenvalue weighted by atomic mass is 127. The van der Waals surface area contributed by atoms with Gasteiger partial charge in [0.2, 0.25) is 0 Å². The zero-order chi connectivity index (χ0) is 18.1. The van der Waals surface area contributed by atoms with Crippen LogP contribution < -0.4 is 10.1 Å². The monoisotopic (exact) mass is 475 g/mol. The molecular weight excluding hydrogens is 441 g/mol. The van der Waals surface area contributed by atoms with E-state index in [1.165, 1.54) is 5.56 Å². The number of hydrogen-bond acceptors (Lipinski definition) is 3.